The predicted octanol–water partition coefficient (Wildman–Crippen LogP) is 3.84. The zero-order valence-corrected chi connectivity index (χ0v) is 22.5. The molecule has 2 saturated carbocycles. The minimum atomic E-state index is -3.16. The van der Waals surface area contributed by atoms with Crippen molar-refractivity contribution in [3.63, 3.8) is 0 Å². The van der Waals surface area contributed by atoms with Gasteiger partial charge in [-0.3, -0.25) is 4.79 Å². The van der Waals surface area contributed by atoms with E-state index >= 15 is 0 Å². The second-order valence-electron chi connectivity index (χ2n) is 10.9. The summed E-state index contributed by atoms with van der Waals surface area (Å²) in [6, 6.07) is 12.4. The minimum absolute atomic E-state index is 0.173. The van der Waals surface area contributed by atoms with Gasteiger partial charge in [0.2, 0.25) is 10.0 Å². The smallest absolute Gasteiger partial charge is 0.307 e. The number of carbonyl (C=O) groups is 1. The summed E-state index contributed by atoms with van der Waals surface area (Å²) in [5.41, 5.74) is 5.46. The Morgan fingerprint density at radius 1 is 1.13 bits per heavy atom. The summed E-state index contributed by atoms with van der Waals surface area (Å²) in [6.45, 7) is 4.69. The van der Waals surface area contributed by atoms with Crippen LogP contribution in [-0.4, -0.2) is 61.2 Å². The van der Waals surface area contributed by atoms with Crippen LogP contribution in [0, 0.1) is 30.6 Å². The van der Waals surface area contributed by atoms with E-state index in [1.54, 1.807) is 0 Å². The summed E-state index contributed by atoms with van der Waals surface area (Å²) in [4.78, 5) is 18.3. The highest BCUT2D eigenvalue weighted by atomic mass is 32.2. The number of ether oxygens (including phenoxy) is 1. The first-order valence-corrected chi connectivity index (χ1v) is 15.1. The molecule has 2 aromatic rings. The highest BCUT2D eigenvalue weighted by Crippen LogP contribution is 2.64. The topological polar surface area (TPSA) is 100 Å². The summed E-state index contributed by atoms with van der Waals surface area (Å²) in [5.74, 6) is 1.99. The van der Waals surface area contributed by atoms with Gasteiger partial charge in [0, 0.05) is 43.9 Å². The first kappa shape index (κ1) is 25.1. The van der Waals surface area contributed by atoms with Gasteiger partial charge in [-0.25, -0.2) is 13.4 Å². The molecular weight excluding hydrogens is 502 g/mol. The molecule has 0 spiro atoms. The Labute approximate surface area is 223 Å². The van der Waals surface area contributed by atoms with Crippen LogP contribution in [0.1, 0.15) is 24.1 Å². The van der Waals surface area contributed by atoms with E-state index in [1.165, 1.54) is 16.1 Å². The number of nitrogens with zero attached hydrogens (tertiary/aromatic N) is 3. The minimum Gasteiger partial charge on any atom is -0.493 e. The molecule has 1 aromatic carbocycles. The normalized spacial score (nSPS) is 26.7. The molecular formula is C29H33N3O5S. The number of hydrogen-bond donors (Lipinski definition) is 1. The summed E-state index contributed by atoms with van der Waals surface area (Å²) in [5, 5.41) is 9.35. The van der Waals surface area contributed by atoms with E-state index in [1.807, 2.05) is 25.1 Å². The van der Waals surface area contributed by atoms with Crippen LogP contribution >= 0.6 is 0 Å². The molecule has 0 amide bonds. The summed E-state index contributed by atoms with van der Waals surface area (Å²) in [6.07, 6.45) is 7.20. The molecule has 200 valence electrons. The molecule has 1 saturated heterocycles. The summed E-state index contributed by atoms with van der Waals surface area (Å²) < 4.78 is 31.3. The molecule has 8 nitrogen and oxygen atoms in total. The molecule has 9 heteroatoms. The van der Waals surface area contributed by atoms with Gasteiger partial charge in [-0.2, -0.15) is 4.31 Å². The molecule has 6 rings (SSSR count). The fraction of sp³-hybridized carbons (Fsp3) is 0.448. The van der Waals surface area contributed by atoms with Crippen molar-refractivity contribution < 1.29 is 23.1 Å². The molecule has 1 aromatic heterocycles. The molecule has 1 N–H and O–H groups in total. The molecule has 0 radical (unpaired) electrons. The van der Waals surface area contributed by atoms with Crippen molar-refractivity contribution in [3.05, 3.63) is 71.1 Å². The predicted molar refractivity (Wildman–Crippen MR) is 145 cm³/mol. The highest BCUT2D eigenvalue weighted by Gasteiger charge is 2.62. The Morgan fingerprint density at radius 3 is 2.63 bits per heavy atom. The van der Waals surface area contributed by atoms with Crippen molar-refractivity contribution in [2.24, 2.45) is 23.7 Å². The largest absolute Gasteiger partial charge is 0.493 e. The maximum Gasteiger partial charge on any atom is 0.307 e. The standard InChI is InChI=1S/C29H33N3O5S/c1-18-23(8-9-26(30-18)31-10-12-32(13-11-31)38(2,35)36)20-5-3-4-19(14-20)17-37-22-6-7-24-21(15-22)16-25-27(24)28(25)29(33)34/h3-9,14,21,25,27-28H,10-13,15-17H2,1-2H3,(H,33,34)/t21?,25-,27+,28+/m1/s1. The first-order valence-electron chi connectivity index (χ1n) is 13.2. The number of sulfonamides is 1. The van der Waals surface area contributed by atoms with Crippen molar-refractivity contribution in [2.45, 2.75) is 26.4 Å². The van der Waals surface area contributed by atoms with Crippen LogP contribution in [0.25, 0.3) is 11.1 Å². The lowest BCUT2D eigenvalue weighted by atomic mass is 9.87. The second-order valence-corrected chi connectivity index (χ2v) is 12.9. The Kier molecular flexibility index (Phi) is 6.31. The van der Waals surface area contributed by atoms with Crippen LogP contribution in [-0.2, 0) is 26.2 Å². The van der Waals surface area contributed by atoms with Crippen LogP contribution in [0.3, 0.4) is 0 Å². The molecule has 2 heterocycles. The van der Waals surface area contributed by atoms with Gasteiger partial charge in [-0.05, 0) is 66.5 Å². The molecule has 1 unspecified atom stereocenters. The number of piperazine rings is 1. The molecule has 4 aliphatic rings. The SMILES string of the molecule is Cc1nc(N2CCN(S(C)(=O)=O)CC2)ccc1-c1cccc(COC2=CC=C3C(C2)C[C@H]2[C@H](C(=O)O)[C@@H]32)c1. The third kappa shape index (κ3) is 4.73. The van der Waals surface area contributed by atoms with E-state index in [4.69, 9.17) is 9.72 Å². The van der Waals surface area contributed by atoms with Crippen LogP contribution in [0.4, 0.5) is 5.82 Å². The number of carboxylic acids is 1. The Balaban J connectivity index is 1.09. The van der Waals surface area contributed by atoms with Gasteiger partial charge in [0.15, 0.2) is 0 Å². The van der Waals surface area contributed by atoms with Gasteiger partial charge in [-0.1, -0.05) is 29.8 Å². The third-order valence-electron chi connectivity index (χ3n) is 8.54. The fourth-order valence-electron chi connectivity index (χ4n) is 6.53. The molecule has 38 heavy (non-hydrogen) atoms. The molecule has 1 aliphatic heterocycles. The number of aromatic nitrogens is 1. The Bertz CT molecular complexity index is 1440. The maximum absolute atomic E-state index is 11.8. The highest BCUT2D eigenvalue weighted by molar-refractivity contribution is 7.88. The third-order valence-corrected chi connectivity index (χ3v) is 9.84. The van der Waals surface area contributed by atoms with Gasteiger partial charge in [-0.15, -0.1) is 0 Å². The number of hydrogen-bond acceptors (Lipinski definition) is 6. The lowest BCUT2D eigenvalue weighted by Crippen LogP contribution is -2.48. The van der Waals surface area contributed by atoms with Crippen molar-refractivity contribution in [1.82, 2.24) is 9.29 Å². The van der Waals surface area contributed by atoms with E-state index in [0.717, 1.165) is 46.8 Å². The van der Waals surface area contributed by atoms with Crippen LogP contribution in [0.2, 0.25) is 0 Å². The fourth-order valence-corrected chi connectivity index (χ4v) is 7.36. The number of aliphatic carboxylic acids is 1. The van der Waals surface area contributed by atoms with E-state index in [0.29, 0.717) is 44.6 Å². The number of allylic oxidation sites excluding steroid dienone is 4. The Morgan fingerprint density at radius 2 is 1.92 bits per heavy atom. The first-order chi connectivity index (χ1) is 18.2. The summed E-state index contributed by atoms with van der Waals surface area (Å²) in [7, 11) is -3.16. The number of rotatable bonds is 7. The van der Waals surface area contributed by atoms with Crippen molar-refractivity contribution in [2.75, 3.05) is 37.3 Å². The zero-order chi connectivity index (χ0) is 26.6. The van der Waals surface area contributed by atoms with Crippen molar-refractivity contribution >= 4 is 21.8 Å². The second kappa shape index (κ2) is 9.54. The molecule has 0 bridgehead atoms. The quantitative estimate of drug-likeness (QED) is 0.575. The van der Waals surface area contributed by atoms with E-state index < -0.39 is 16.0 Å². The summed E-state index contributed by atoms with van der Waals surface area (Å²) >= 11 is 0. The Hall–Kier alpha value is -3.17. The van der Waals surface area contributed by atoms with Gasteiger partial charge in [0.05, 0.1) is 17.9 Å². The van der Waals surface area contributed by atoms with Gasteiger partial charge >= 0.3 is 5.97 Å². The van der Waals surface area contributed by atoms with E-state index in [-0.39, 0.29) is 11.8 Å². The lowest BCUT2D eigenvalue weighted by molar-refractivity contribution is -0.139. The number of carboxylic acid groups (broad SMARTS) is 1. The van der Waals surface area contributed by atoms with Gasteiger partial charge < -0.3 is 14.7 Å². The molecule has 3 aliphatic carbocycles. The lowest BCUT2D eigenvalue weighted by Gasteiger charge is -2.34. The van der Waals surface area contributed by atoms with E-state index in [9.17, 15) is 18.3 Å². The van der Waals surface area contributed by atoms with Gasteiger partial charge in [0.1, 0.15) is 12.4 Å². The van der Waals surface area contributed by atoms with Crippen molar-refractivity contribution in [3.8, 4) is 11.1 Å². The zero-order valence-electron chi connectivity index (χ0n) is 21.7. The van der Waals surface area contributed by atoms with Crippen LogP contribution < -0.4 is 4.90 Å². The number of anilines is 1. The number of pyridine rings is 1. The molecule has 3 fully saturated rings. The average Bonchev–Trinajstić information content (AvgIpc) is 3.49. The van der Waals surface area contributed by atoms with Crippen molar-refractivity contribution in [1.29, 1.82) is 0 Å². The monoisotopic (exact) mass is 535 g/mol. The van der Waals surface area contributed by atoms with Crippen LogP contribution in [0.5, 0.6) is 0 Å². The number of benzene rings is 1. The molecule has 4 atom stereocenters. The van der Waals surface area contributed by atoms with Crippen LogP contribution in [0.15, 0.2) is 59.9 Å². The van der Waals surface area contributed by atoms with Gasteiger partial charge in [0.25, 0.3) is 0 Å². The maximum atomic E-state index is 11.8. The van der Waals surface area contributed by atoms with E-state index in [2.05, 4.69) is 35.2 Å². The average molecular weight is 536 g/mol. The number of aryl methyl sites for hydroxylation is 1. The number of fused-ring (bicyclic) bond motifs is 3.